The van der Waals surface area contributed by atoms with Crippen LogP contribution in [0.2, 0.25) is 0 Å². The summed E-state index contributed by atoms with van der Waals surface area (Å²) in [6.45, 7) is 3.04. The Bertz CT molecular complexity index is 768. The van der Waals surface area contributed by atoms with E-state index in [1.54, 1.807) is 11.0 Å². The van der Waals surface area contributed by atoms with Gasteiger partial charge in [-0.3, -0.25) is 4.79 Å². The Morgan fingerprint density at radius 2 is 2.17 bits per heavy atom. The average Bonchev–Trinajstić information content (AvgIpc) is 3.18. The molecule has 4 rings (SSSR count). The zero-order chi connectivity index (χ0) is 16.0. The molecule has 0 aliphatic carbocycles. The van der Waals surface area contributed by atoms with Gasteiger partial charge in [0.25, 0.3) is 5.91 Å². The summed E-state index contributed by atoms with van der Waals surface area (Å²) in [5, 5.41) is 14.4. The van der Waals surface area contributed by atoms with Gasteiger partial charge in [0.05, 0.1) is 18.7 Å². The molecule has 23 heavy (non-hydrogen) atoms. The number of benzene rings is 1. The summed E-state index contributed by atoms with van der Waals surface area (Å²) in [4.78, 5) is 17.5. The summed E-state index contributed by atoms with van der Waals surface area (Å²) in [5.41, 5.74) is 3.06. The Labute approximate surface area is 138 Å². The third-order valence-electron chi connectivity index (χ3n) is 4.60. The molecule has 1 saturated heterocycles. The van der Waals surface area contributed by atoms with Crippen molar-refractivity contribution in [1.82, 2.24) is 9.88 Å². The number of H-pyrrole nitrogens is 1. The Morgan fingerprint density at radius 1 is 1.39 bits per heavy atom. The predicted octanol–water partition coefficient (Wildman–Crippen LogP) is 2.09. The smallest absolute Gasteiger partial charge is 0.270 e. The van der Waals surface area contributed by atoms with Crippen molar-refractivity contribution in [1.29, 1.82) is 0 Å². The van der Waals surface area contributed by atoms with E-state index in [4.69, 9.17) is 16.3 Å². The van der Waals surface area contributed by atoms with E-state index >= 15 is 0 Å². The van der Waals surface area contributed by atoms with E-state index in [0.29, 0.717) is 43.4 Å². The van der Waals surface area contributed by atoms with E-state index in [1.807, 2.05) is 6.07 Å². The van der Waals surface area contributed by atoms with Crippen molar-refractivity contribution < 1.29 is 14.6 Å². The van der Waals surface area contributed by atoms with Crippen molar-refractivity contribution in [3.63, 3.8) is 0 Å². The average molecular weight is 336 g/mol. The first-order valence-corrected chi connectivity index (χ1v) is 8.28. The number of alkyl halides is 1. The number of aromatic hydroxyl groups is 1. The maximum atomic E-state index is 12.6. The Balaban J connectivity index is 1.78. The lowest BCUT2D eigenvalue weighted by Crippen LogP contribution is -2.40. The van der Waals surface area contributed by atoms with Gasteiger partial charge in [-0.15, -0.1) is 11.6 Å². The molecule has 6 nitrogen and oxygen atoms in total. The van der Waals surface area contributed by atoms with Crippen LogP contribution in [0.1, 0.15) is 22.0 Å². The lowest BCUT2D eigenvalue weighted by atomic mass is 9.98. The molecule has 122 valence electrons. The molecule has 1 aromatic carbocycles. The summed E-state index contributed by atoms with van der Waals surface area (Å²) >= 11 is 6.07. The Morgan fingerprint density at radius 3 is 2.91 bits per heavy atom. The number of morpholine rings is 1. The molecule has 2 aliphatic heterocycles. The molecule has 0 spiro atoms. The normalized spacial score (nSPS) is 20.6. The molecule has 3 N–H and O–H groups in total. The van der Waals surface area contributed by atoms with Crippen molar-refractivity contribution in [2.45, 2.75) is 5.92 Å². The van der Waals surface area contributed by atoms with E-state index in [1.165, 1.54) is 0 Å². The van der Waals surface area contributed by atoms with Crippen LogP contribution in [0.25, 0.3) is 10.9 Å². The van der Waals surface area contributed by atoms with Crippen molar-refractivity contribution in [3.8, 4) is 5.75 Å². The number of fused-ring (bicyclic) bond motifs is 3. The Hall–Kier alpha value is -1.92. The molecule has 0 unspecified atom stereocenters. The highest BCUT2D eigenvalue weighted by molar-refractivity contribution is 6.18. The molecule has 2 aromatic rings. The van der Waals surface area contributed by atoms with Gasteiger partial charge in [0.15, 0.2) is 0 Å². The van der Waals surface area contributed by atoms with Gasteiger partial charge in [-0.05, 0) is 11.6 Å². The number of aromatic nitrogens is 1. The van der Waals surface area contributed by atoms with Crippen LogP contribution in [0.5, 0.6) is 5.75 Å². The van der Waals surface area contributed by atoms with E-state index in [9.17, 15) is 9.90 Å². The number of nitrogens with one attached hydrogen (secondary N) is 2. The van der Waals surface area contributed by atoms with Crippen LogP contribution >= 0.6 is 11.6 Å². The van der Waals surface area contributed by atoms with E-state index in [-0.39, 0.29) is 17.6 Å². The molecule has 7 heteroatoms. The van der Waals surface area contributed by atoms with Gasteiger partial charge in [0.1, 0.15) is 11.4 Å². The summed E-state index contributed by atoms with van der Waals surface area (Å²) in [6.07, 6.45) is 0. The number of carbonyl (C=O) groups is 1. The number of carbonyl (C=O) groups excluding carboxylic acids is 1. The number of phenols is 1. The highest BCUT2D eigenvalue weighted by atomic mass is 35.5. The maximum absolute atomic E-state index is 12.6. The molecule has 0 radical (unpaired) electrons. The number of amides is 1. The van der Waals surface area contributed by atoms with Gasteiger partial charge < -0.3 is 25.0 Å². The van der Waals surface area contributed by atoms with Crippen molar-refractivity contribution in [2.75, 3.05) is 44.0 Å². The zero-order valence-corrected chi connectivity index (χ0v) is 13.3. The summed E-state index contributed by atoms with van der Waals surface area (Å²) in [6, 6.07) is 3.53. The fourth-order valence-corrected chi connectivity index (χ4v) is 3.67. The third kappa shape index (κ3) is 2.33. The number of aromatic amines is 1. The first-order valence-electron chi connectivity index (χ1n) is 7.74. The SMILES string of the molecule is O=C(c1cc2c3c(cc(O)c2[nH]1)NC[C@H]3CCl)N1CCOCC1. The lowest BCUT2D eigenvalue weighted by Gasteiger charge is -2.26. The molecule has 1 aromatic heterocycles. The predicted molar refractivity (Wildman–Crippen MR) is 88.6 cm³/mol. The minimum absolute atomic E-state index is 0.0639. The van der Waals surface area contributed by atoms with Gasteiger partial charge in [-0.1, -0.05) is 0 Å². The zero-order valence-electron chi connectivity index (χ0n) is 12.6. The van der Waals surface area contributed by atoms with Crippen LogP contribution in [0.15, 0.2) is 12.1 Å². The highest BCUT2D eigenvalue weighted by Crippen LogP contribution is 2.42. The standard InChI is InChI=1S/C16H18ClN3O3/c17-7-9-8-18-11-6-13(21)15-10(14(9)11)5-12(19-15)16(22)20-1-3-23-4-2-20/h5-6,9,18-19,21H,1-4,7-8H2/t9-/m1/s1. The second-order valence-electron chi connectivity index (χ2n) is 5.97. The van der Waals surface area contributed by atoms with E-state index < -0.39 is 0 Å². The number of anilines is 1. The van der Waals surface area contributed by atoms with Crippen LogP contribution in [-0.4, -0.2) is 59.6 Å². The molecular formula is C16H18ClN3O3. The number of halogens is 1. The number of nitrogens with zero attached hydrogens (tertiary/aromatic N) is 1. The van der Waals surface area contributed by atoms with Crippen LogP contribution < -0.4 is 5.32 Å². The summed E-state index contributed by atoms with van der Waals surface area (Å²) < 4.78 is 5.29. The topological polar surface area (TPSA) is 77.6 Å². The van der Waals surface area contributed by atoms with Crippen LogP contribution in [-0.2, 0) is 4.74 Å². The number of ether oxygens (including phenoxy) is 1. The summed E-state index contributed by atoms with van der Waals surface area (Å²) in [7, 11) is 0. The molecule has 1 atom stereocenters. The molecule has 1 fully saturated rings. The number of phenolic OH excluding ortho intramolecular Hbond substituents is 1. The first kappa shape index (κ1) is 14.7. The molecule has 3 heterocycles. The van der Waals surface area contributed by atoms with Crippen LogP contribution in [0, 0.1) is 0 Å². The molecule has 0 bridgehead atoms. The lowest BCUT2D eigenvalue weighted by molar-refractivity contribution is 0.0299. The van der Waals surface area contributed by atoms with Gasteiger partial charge in [0, 0.05) is 48.6 Å². The molecular weight excluding hydrogens is 318 g/mol. The van der Waals surface area contributed by atoms with Gasteiger partial charge >= 0.3 is 0 Å². The van der Waals surface area contributed by atoms with Gasteiger partial charge in [-0.25, -0.2) is 0 Å². The highest BCUT2D eigenvalue weighted by Gasteiger charge is 2.28. The van der Waals surface area contributed by atoms with Gasteiger partial charge in [0.2, 0.25) is 0 Å². The fraction of sp³-hybridized carbons (Fsp3) is 0.438. The van der Waals surface area contributed by atoms with Crippen LogP contribution in [0.4, 0.5) is 5.69 Å². The van der Waals surface area contributed by atoms with E-state index in [0.717, 1.165) is 23.2 Å². The molecule has 1 amide bonds. The molecule has 0 saturated carbocycles. The number of hydrogen-bond acceptors (Lipinski definition) is 4. The summed E-state index contributed by atoms with van der Waals surface area (Å²) in [5.74, 6) is 0.753. The van der Waals surface area contributed by atoms with Crippen LogP contribution in [0.3, 0.4) is 0 Å². The maximum Gasteiger partial charge on any atom is 0.270 e. The minimum Gasteiger partial charge on any atom is -0.506 e. The Kier molecular flexibility index (Phi) is 3.58. The quantitative estimate of drug-likeness (QED) is 0.734. The minimum atomic E-state index is -0.0639. The van der Waals surface area contributed by atoms with Crippen molar-refractivity contribution >= 4 is 34.1 Å². The second-order valence-corrected chi connectivity index (χ2v) is 6.27. The van der Waals surface area contributed by atoms with Crippen molar-refractivity contribution in [2.24, 2.45) is 0 Å². The van der Waals surface area contributed by atoms with E-state index in [2.05, 4.69) is 10.3 Å². The first-order chi connectivity index (χ1) is 11.2. The third-order valence-corrected chi connectivity index (χ3v) is 4.97. The molecule has 2 aliphatic rings. The fourth-order valence-electron chi connectivity index (χ4n) is 3.41. The second kappa shape index (κ2) is 5.62. The van der Waals surface area contributed by atoms with Gasteiger partial charge in [-0.2, -0.15) is 0 Å². The number of rotatable bonds is 2. The number of hydrogen-bond donors (Lipinski definition) is 3. The van der Waals surface area contributed by atoms with Crippen molar-refractivity contribution in [3.05, 3.63) is 23.4 Å². The largest absolute Gasteiger partial charge is 0.506 e. The monoisotopic (exact) mass is 335 g/mol.